The van der Waals surface area contributed by atoms with Crippen LogP contribution in [0, 0.1) is 6.92 Å². The molecule has 1 heterocycles. The van der Waals surface area contributed by atoms with Crippen molar-refractivity contribution in [3.05, 3.63) is 53.6 Å². The zero-order chi connectivity index (χ0) is 13.2. The Labute approximate surface area is 113 Å². The Hall–Kier alpha value is -2.16. The van der Waals surface area contributed by atoms with Gasteiger partial charge in [-0.3, -0.25) is 0 Å². The lowest BCUT2D eigenvalue weighted by atomic mass is 10.1. The van der Waals surface area contributed by atoms with Gasteiger partial charge in [0.1, 0.15) is 17.6 Å². The minimum absolute atomic E-state index is 0.0569. The molecule has 3 rings (SSSR count). The van der Waals surface area contributed by atoms with Crippen LogP contribution in [0.5, 0.6) is 11.5 Å². The summed E-state index contributed by atoms with van der Waals surface area (Å²) in [4.78, 5) is 0. The van der Waals surface area contributed by atoms with Crippen molar-refractivity contribution in [3.8, 4) is 11.5 Å². The smallest absolute Gasteiger partial charge is 0.143 e. The summed E-state index contributed by atoms with van der Waals surface area (Å²) in [5, 5.41) is 3.40. The lowest BCUT2D eigenvalue weighted by molar-refractivity contribution is 0.210. The van der Waals surface area contributed by atoms with Gasteiger partial charge in [-0.2, -0.15) is 0 Å². The third-order valence-electron chi connectivity index (χ3n) is 3.38. The van der Waals surface area contributed by atoms with Crippen LogP contribution in [0.25, 0.3) is 0 Å². The van der Waals surface area contributed by atoms with Gasteiger partial charge < -0.3 is 14.8 Å². The van der Waals surface area contributed by atoms with E-state index in [2.05, 4.69) is 36.5 Å². The van der Waals surface area contributed by atoms with Crippen molar-refractivity contribution in [2.45, 2.75) is 13.0 Å². The van der Waals surface area contributed by atoms with Crippen LogP contribution in [0.4, 0.5) is 5.69 Å². The van der Waals surface area contributed by atoms with Crippen molar-refractivity contribution in [2.75, 3.05) is 19.0 Å². The molecule has 1 N–H and O–H groups in total. The third kappa shape index (κ3) is 2.36. The van der Waals surface area contributed by atoms with Crippen LogP contribution in [0.1, 0.15) is 17.2 Å². The van der Waals surface area contributed by atoms with E-state index >= 15 is 0 Å². The number of ether oxygens (including phenoxy) is 2. The largest absolute Gasteiger partial charge is 0.497 e. The average Bonchev–Trinajstić information content (AvgIpc) is 2.47. The lowest BCUT2D eigenvalue weighted by Gasteiger charge is -2.28. The highest BCUT2D eigenvalue weighted by molar-refractivity contribution is 5.61. The number of fused-ring (bicyclic) bond motifs is 1. The van der Waals surface area contributed by atoms with E-state index in [1.54, 1.807) is 7.11 Å². The Bertz CT molecular complexity index is 578. The van der Waals surface area contributed by atoms with E-state index in [4.69, 9.17) is 9.47 Å². The molecule has 0 saturated carbocycles. The minimum Gasteiger partial charge on any atom is -0.497 e. The van der Waals surface area contributed by atoms with E-state index in [-0.39, 0.29) is 6.10 Å². The molecule has 0 aliphatic carbocycles. The first-order chi connectivity index (χ1) is 9.26. The minimum atomic E-state index is 0.0569. The van der Waals surface area contributed by atoms with Gasteiger partial charge in [-0.05, 0) is 24.6 Å². The summed E-state index contributed by atoms with van der Waals surface area (Å²) in [6.45, 7) is 2.86. The van der Waals surface area contributed by atoms with Crippen LogP contribution in [-0.2, 0) is 0 Å². The average molecular weight is 255 g/mol. The standard InChI is InChI=1S/C16H17NO2/c1-11-3-5-12(6-4-11)16-10-17-14-9-13(18-2)7-8-15(14)19-16/h3-9,16-17H,10H2,1-2H3. The Morgan fingerprint density at radius 1 is 1.16 bits per heavy atom. The topological polar surface area (TPSA) is 30.5 Å². The number of benzene rings is 2. The van der Waals surface area contributed by atoms with Gasteiger partial charge in [-0.15, -0.1) is 0 Å². The van der Waals surface area contributed by atoms with Crippen molar-refractivity contribution in [1.29, 1.82) is 0 Å². The van der Waals surface area contributed by atoms with Crippen LogP contribution in [0.3, 0.4) is 0 Å². The van der Waals surface area contributed by atoms with Crippen LogP contribution < -0.4 is 14.8 Å². The monoisotopic (exact) mass is 255 g/mol. The number of aryl methyl sites for hydroxylation is 1. The fourth-order valence-electron chi connectivity index (χ4n) is 2.24. The molecule has 98 valence electrons. The Kier molecular flexibility index (Phi) is 3.03. The molecule has 0 saturated heterocycles. The van der Waals surface area contributed by atoms with E-state index < -0.39 is 0 Å². The van der Waals surface area contributed by atoms with Gasteiger partial charge in [0.2, 0.25) is 0 Å². The summed E-state index contributed by atoms with van der Waals surface area (Å²) >= 11 is 0. The van der Waals surface area contributed by atoms with Gasteiger partial charge in [0.25, 0.3) is 0 Å². The number of methoxy groups -OCH3 is 1. The molecular formula is C16H17NO2. The molecule has 19 heavy (non-hydrogen) atoms. The molecule has 1 atom stereocenters. The number of anilines is 1. The first-order valence-electron chi connectivity index (χ1n) is 6.41. The molecule has 0 bridgehead atoms. The molecular weight excluding hydrogens is 238 g/mol. The second-order valence-electron chi connectivity index (χ2n) is 4.76. The molecule has 3 nitrogen and oxygen atoms in total. The fraction of sp³-hybridized carbons (Fsp3) is 0.250. The normalized spacial score (nSPS) is 17.1. The van der Waals surface area contributed by atoms with Crippen molar-refractivity contribution in [3.63, 3.8) is 0 Å². The van der Waals surface area contributed by atoms with E-state index in [1.165, 1.54) is 11.1 Å². The number of hydrogen-bond acceptors (Lipinski definition) is 3. The zero-order valence-electron chi connectivity index (χ0n) is 11.1. The summed E-state index contributed by atoms with van der Waals surface area (Å²) in [5.41, 5.74) is 3.44. The van der Waals surface area contributed by atoms with Crippen LogP contribution in [0.15, 0.2) is 42.5 Å². The van der Waals surface area contributed by atoms with Crippen LogP contribution >= 0.6 is 0 Å². The highest BCUT2D eigenvalue weighted by Gasteiger charge is 2.21. The second-order valence-corrected chi connectivity index (χ2v) is 4.76. The molecule has 0 aromatic heterocycles. The molecule has 0 radical (unpaired) electrons. The predicted molar refractivity (Wildman–Crippen MR) is 76.0 cm³/mol. The van der Waals surface area contributed by atoms with Gasteiger partial charge in [-0.25, -0.2) is 0 Å². The first-order valence-corrected chi connectivity index (χ1v) is 6.41. The summed E-state index contributed by atoms with van der Waals surface area (Å²) < 4.78 is 11.2. The SMILES string of the molecule is COc1ccc2c(c1)NCC(c1ccc(C)cc1)O2. The molecule has 0 amide bonds. The maximum atomic E-state index is 6.04. The summed E-state index contributed by atoms with van der Waals surface area (Å²) in [6.07, 6.45) is 0.0569. The quantitative estimate of drug-likeness (QED) is 0.890. The Morgan fingerprint density at radius 2 is 1.95 bits per heavy atom. The molecule has 1 aliphatic rings. The van der Waals surface area contributed by atoms with E-state index in [0.717, 1.165) is 23.7 Å². The number of rotatable bonds is 2. The Morgan fingerprint density at radius 3 is 2.68 bits per heavy atom. The molecule has 2 aromatic carbocycles. The first kappa shape index (κ1) is 11.9. The van der Waals surface area contributed by atoms with Gasteiger partial charge in [0, 0.05) is 6.07 Å². The van der Waals surface area contributed by atoms with E-state index in [9.17, 15) is 0 Å². The van der Waals surface area contributed by atoms with Crippen molar-refractivity contribution >= 4 is 5.69 Å². The molecule has 3 heteroatoms. The summed E-state index contributed by atoms with van der Waals surface area (Å²) in [6, 6.07) is 14.3. The van der Waals surface area contributed by atoms with Crippen molar-refractivity contribution in [1.82, 2.24) is 0 Å². The fourth-order valence-corrected chi connectivity index (χ4v) is 2.24. The van der Waals surface area contributed by atoms with E-state index in [1.807, 2.05) is 18.2 Å². The molecule has 1 unspecified atom stereocenters. The van der Waals surface area contributed by atoms with Crippen LogP contribution in [-0.4, -0.2) is 13.7 Å². The molecule has 0 fully saturated rings. The van der Waals surface area contributed by atoms with Gasteiger partial charge in [0.05, 0.1) is 19.3 Å². The maximum Gasteiger partial charge on any atom is 0.143 e. The van der Waals surface area contributed by atoms with Gasteiger partial charge in [0.15, 0.2) is 0 Å². The highest BCUT2D eigenvalue weighted by Crippen LogP contribution is 2.36. The Balaban J connectivity index is 1.84. The maximum absolute atomic E-state index is 6.04. The second kappa shape index (κ2) is 4.84. The number of nitrogens with one attached hydrogen (secondary N) is 1. The van der Waals surface area contributed by atoms with Crippen molar-refractivity contribution < 1.29 is 9.47 Å². The zero-order valence-corrected chi connectivity index (χ0v) is 11.1. The summed E-state index contributed by atoms with van der Waals surface area (Å²) in [7, 11) is 1.67. The summed E-state index contributed by atoms with van der Waals surface area (Å²) in [5.74, 6) is 1.71. The number of hydrogen-bond donors (Lipinski definition) is 1. The lowest BCUT2D eigenvalue weighted by Crippen LogP contribution is -2.23. The van der Waals surface area contributed by atoms with Crippen molar-refractivity contribution in [2.24, 2.45) is 0 Å². The molecule has 2 aromatic rings. The predicted octanol–water partition coefficient (Wildman–Crippen LogP) is 3.55. The third-order valence-corrected chi connectivity index (χ3v) is 3.38. The van der Waals surface area contributed by atoms with Gasteiger partial charge in [-0.1, -0.05) is 29.8 Å². The van der Waals surface area contributed by atoms with Gasteiger partial charge >= 0.3 is 0 Å². The molecule has 0 spiro atoms. The van der Waals surface area contributed by atoms with Crippen LogP contribution in [0.2, 0.25) is 0 Å². The molecule has 1 aliphatic heterocycles. The highest BCUT2D eigenvalue weighted by atomic mass is 16.5. The van der Waals surface area contributed by atoms with E-state index in [0.29, 0.717) is 0 Å².